The molecule has 7 rings (SSSR count). The average Bonchev–Trinajstić information content (AvgIpc) is 3.59. The summed E-state index contributed by atoms with van der Waals surface area (Å²) in [5.41, 5.74) is 1.46. The first-order valence-corrected chi connectivity index (χ1v) is 14.3. The third-order valence-corrected chi connectivity index (χ3v) is 8.43. The van der Waals surface area contributed by atoms with E-state index in [1.165, 1.54) is 6.07 Å². The lowest BCUT2D eigenvalue weighted by Crippen LogP contribution is -2.34. The summed E-state index contributed by atoms with van der Waals surface area (Å²) in [6.45, 7) is 3.64. The van der Waals surface area contributed by atoms with Crippen LogP contribution in [0, 0.1) is 12.7 Å². The second kappa shape index (κ2) is 10.3. The molecule has 1 fully saturated rings. The summed E-state index contributed by atoms with van der Waals surface area (Å²) in [5, 5.41) is 8.07. The normalized spacial score (nSPS) is 16.0. The van der Waals surface area contributed by atoms with E-state index in [1.54, 1.807) is 17.0 Å². The fraction of sp³-hybridized carbons (Fsp3) is 0.273. The van der Waals surface area contributed by atoms with Gasteiger partial charge in [0.05, 0.1) is 17.3 Å². The fourth-order valence-electron chi connectivity index (χ4n) is 6.20. The Labute approximate surface area is 241 Å². The van der Waals surface area contributed by atoms with Crippen molar-refractivity contribution in [1.29, 1.82) is 0 Å². The smallest absolute Gasteiger partial charge is 0.256 e. The number of carbonyl (C=O) groups is 1. The Morgan fingerprint density at radius 1 is 1.14 bits per heavy atom. The number of nitrogens with one attached hydrogen (secondary N) is 2. The molecule has 4 heterocycles. The second-order valence-electron chi connectivity index (χ2n) is 11.2. The van der Waals surface area contributed by atoms with E-state index in [2.05, 4.69) is 22.6 Å². The van der Waals surface area contributed by atoms with Crippen LogP contribution in [0.25, 0.3) is 27.4 Å². The lowest BCUT2D eigenvalue weighted by atomic mass is 10.0. The molecule has 0 spiro atoms. The number of nitrogens with zero attached hydrogens (tertiary/aromatic N) is 2. The Hall–Kier alpha value is -4.63. The molecule has 5 aromatic rings. The first-order chi connectivity index (χ1) is 20.4. The van der Waals surface area contributed by atoms with Crippen LogP contribution in [0.5, 0.6) is 11.5 Å². The van der Waals surface area contributed by atoms with E-state index < -0.39 is 17.2 Å². The van der Waals surface area contributed by atoms with Gasteiger partial charge in [-0.2, -0.15) is 0 Å². The highest BCUT2D eigenvalue weighted by Gasteiger charge is 2.29. The van der Waals surface area contributed by atoms with E-state index in [9.17, 15) is 9.59 Å². The lowest BCUT2D eigenvalue weighted by Gasteiger charge is -2.26. The number of carbonyl (C=O) groups excluding carboxylic acids is 1. The van der Waals surface area contributed by atoms with Gasteiger partial charge in [-0.25, -0.2) is 4.39 Å². The number of aryl methyl sites for hydroxylation is 1. The molecule has 0 saturated carbocycles. The van der Waals surface area contributed by atoms with E-state index in [4.69, 9.17) is 9.15 Å². The number of halogens is 1. The van der Waals surface area contributed by atoms with Crippen molar-refractivity contribution in [3.05, 3.63) is 93.9 Å². The van der Waals surface area contributed by atoms with Gasteiger partial charge in [-0.05, 0) is 74.8 Å². The van der Waals surface area contributed by atoms with Crippen LogP contribution in [0.3, 0.4) is 0 Å². The van der Waals surface area contributed by atoms with Crippen molar-refractivity contribution in [1.82, 2.24) is 14.8 Å². The number of ether oxygens (including phenoxy) is 1. The summed E-state index contributed by atoms with van der Waals surface area (Å²) in [6, 6.07) is 15.2. The van der Waals surface area contributed by atoms with Crippen molar-refractivity contribution in [2.24, 2.45) is 0 Å². The molecule has 0 radical (unpaired) electrons. The number of benzene rings is 3. The van der Waals surface area contributed by atoms with Crippen LogP contribution < -0.4 is 20.8 Å². The van der Waals surface area contributed by atoms with E-state index in [0.717, 1.165) is 47.9 Å². The summed E-state index contributed by atoms with van der Waals surface area (Å²) in [7, 11) is 2.09. The van der Waals surface area contributed by atoms with Gasteiger partial charge in [0.1, 0.15) is 22.5 Å². The Bertz CT molecular complexity index is 1930. The second-order valence-corrected chi connectivity index (χ2v) is 11.2. The standard InChI is InChI=1S/C33H31FN4O4/c1-19-12-20(18-41-19)16-36-29-26(34)15-24-30-32(29)42-28-14-22-7-4-3-6-21(22)13-27(28)38(30)17-25(31(24)39)33(40)35-10-9-23-8-5-11-37(23)2/h3-4,6-7,12-15,17-18,23,36H,5,8-11,16H2,1-2H3,(H,35,40). The van der Waals surface area contributed by atoms with Gasteiger partial charge >= 0.3 is 0 Å². The van der Waals surface area contributed by atoms with Crippen molar-refractivity contribution < 1.29 is 18.3 Å². The van der Waals surface area contributed by atoms with Crippen molar-refractivity contribution in [3.63, 3.8) is 0 Å². The molecule has 214 valence electrons. The number of fused-ring (bicyclic) bond motifs is 3. The molecule has 1 atom stereocenters. The zero-order valence-electron chi connectivity index (χ0n) is 23.5. The summed E-state index contributed by atoms with van der Waals surface area (Å²) >= 11 is 0. The van der Waals surface area contributed by atoms with Crippen molar-refractivity contribution in [2.45, 2.75) is 38.8 Å². The molecular weight excluding hydrogens is 535 g/mol. The first kappa shape index (κ1) is 26.3. The molecule has 8 nitrogen and oxygen atoms in total. The van der Waals surface area contributed by atoms with Gasteiger partial charge in [-0.3, -0.25) is 9.59 Å². The van der Waals surface area contributed by atoms with E-state index in [-0.39, 0.29) is 22.4 Å². The average molecular weight is 567 g/mol. The van der Waals surface area contributed by atoms with Crippen LogP contribution in [-0.2, 0) is 6.54 Å². The molecule has 2 aromatic heterocycles. The molecule has 9 heteroatoms. The van der Waals surface area contributed by atoms with Gasteiger partial charge in [-0.1, -0.05) is 24.3 Å². The summed E-state index contributed by atoms with van der Waals surface area (Å²) in [5.74, 6) is 0.321. The largest absolute Gasteiger partial charge is 0.469 e. The molecule has 1 saturated heterocycles. The number of hydrogen-bond acceptors (Lipinski definition) is 6. The molecular formula is C33H31FN4O4. The zero-order valence-corrected chi connectivity index (χ0v) is 23.5. The predicted octanol–water partition coefficient (Wildman–Crippen LogP) is 6.12. The minimum atomic E-state index is -0.646. The van der Waals surface area contributed by atoms with Gasteiger partial charge in [0.15, 0.2) is 17.3 Å². The van der Waals surface area contributed by atoms with E-state index >= 15 is 4.39 Å². The fourth-order valence-corrected chi connectivity index (χ4v) is 6.20. The first-order valence-electron chi connectivity index (χ1n) is 14.3. The van der Waals surface area contributed by atoms with Crippen LogP contribution in [0.1, 0.15) is 40.9 Å². The number of amides is 1. The van der Waals surface area contributed by atoms with Gasteiger partial charge in [-0.15, -0.1) is 0 Å². The van der Waals surface area contributed by atoms with E-state index in [1.807, 2.05) is 49.4 Å². The van der Waals surface area contributed by atoms with Crippen LogP contribution >= 0.6 is 0 Å². The highest BCUT2D eigenvalue weighted by atomic mass is 19.1. The van der Waals surface area contributed by atoms with Gasteiger partial charge in [0.25, 0.3) is 5.91 Å². The van der Waals surface area contributed by atoms with Crippen LogP contribution in [-0.4, -0.2) is 41.6 Å². The molecule has 0 bridgehead atoms. The Morgan fingerprint density at radius 2 is 1.95 bits per heavy atom. The Kier molecular flexibility index (Phi) is 6.46. The number of pyridine rings is 1. The molecule has 2 aliphatic rings. The van der Waals surface area contributed by atoms with Gasteiger partial charge < -0.3 is 29.3 Å². The van der Waals surface area contributed by atoms with Crippen molar-refractivity contribution in [3.8, 4) is 17.2 Å². The molecule has 2 N–H and O–H groups in total. The maximum Gasteiger partial charge on any atom is 0.256 e. The minimum Gasteiger partial charge on any atom is -0.469 e. The maximum atomic E-state index is 15.8. The molecule has 2 aliphatic heterocycles. The highest BCUT2D eigenvalue weighted by Crippen LogP contribution is 2.46. The predicted molar refractivity (Wildman–Crippen MR) is 160 cm³/mol. The number of furan rings is 1. The number of aromatic nitrogens is 1. The SMILES string of the molecule is Cc1cc(CNc2c(F)cc3c(=O)c(C(=O)NCCC4CCCN4C)cn4c3c2Oc2cc3ccccc3cc2-4)co1. The van der Waals surface area contributed by atoms with Crippen LogP contribution in [0.4, 0.5) is 10.1 Å². The highest BCUT2D eigenvalue weighted by molar-refractivity contribution is 6.02. The summed E-state index contributed by atoms with van der Waals surface area (Å²) in [6.07, 6.45) is 6.21. The Morgan fingerprint density at radius 3 is 2.69 bits per heavy atom. The number of anilines is 1. The molecule has 1 unspecified atom stereocenters. The number of hydrogen-bond donors (Lipinski definition) is 2. The summed E-state index contributed by atoms with van der Waals surface area (Å²) in [4.78, 5) is 29.4. The van der Waals surface area contributed by atoms with Gasteiger partial charge in [0, 0.05) is 30.9 Å². The van der Waals surface area contributed by atoms with Crippen molar-refractivity contribution in [2.75, 3.05) is 25.5 Å². The summed E-state index contributed by atoms with van der Waals surface area (Å²) < 4.78 is 29.3. The lowest BCUT2D eigenvalue weighted by molar-refractivity contribution is 0.0949. The van der Waals surface area contributed by atoms with Crippen LogP contribution in [0.15, 0.2) is 70.2 Å². The molecule has 3 aromatic carbocycles. The zero-order chi connectivity index (χ0) is 29.0. The third kappa shape index (κ3) is 4.50. The monoisotopic (exact) mass is 566 g/mol. The molecule has 0 aliphatic carbocycles. The van der Waals surface area contributed by atoms with Gasteiger partial charge in [0.2, 0.25) is 5.43 Å². The third-order valence-electron chi connectivity index (χ3n) is 8.43. The van der Waals surface area contributed by atoms with Crippen molar-refractivity contribution >= 4 is 33.3 Å². The van der Waals surface area contributed by atoms with Crippen LogP contribution in [0.2, 0.25) is 0 Å². The Balaban J connectivity index is 1.34. The minimum absolute atomic E-state index is 0.0387. The molecule has 1 amide bonds. The molecule has 42 heavy (non-hydrogen) atoms. The number of rotatable bonds is 7. The number of likely N-dealkylation sites (tertiary alicyclic amines) is 1. The quantitative estimate of drug-likeness (QED) is 0.242. The van der Waals surface area contributed by atoms with E-state index in [0.29, 0.717) is 36.1 Å². The maximum absolute atomic E-state index is 15.8. The topological polar surface area (TPSA) is 88.7 Å².